The van der Waals surface area contributed by atoms with Gasteiger partial charge in [-0.05, 0) is 48.2 Å². The smallest absolute Gasteiger partial charge is 0.224 e. The van der Waals surface area contributed by atoms with E-state index in [2.05, 4.69) is 13.0 Å². The second-order valence-electron chi connectivity index (χ2n) is 8.20. The summed E-state index contributed by atoms with van der Waals surface area (Å²) in [6.07, 6.45) is 1.79. The predicted molar refractivity (Wildman–Crippen MR) is 111 cm³/mol. The Balaban J connectivity index is 1.68. The zero-order valence-corrected chi connectivity index (χ0v) is 17.1. The van der Waals surface area contributed by atoms with Crippen molar-refractivity contribution in [2.24, 2.45) is 16.6 Å². The molecule has 0 bridgehead atoms. The zero-order valence-electron chi connectivity index (χ0n) is 17.1. The maximum Gasteiger partial charge on any atom is 0.224 e. The minimum atomic E-state index is -0.990. The average Bonchev–Trinajstić information content (AvgIpc) is 3.08. The molecule has 3 aliphatic rings. The Hall–Kier alpha value is -3.08. The van der Waals surface area contributed by atoms with Gasteiger partial charge < -0.3 is 15.2 Å². The van der Waals surface area contributed by atoms with E-state index < -0.39 is 11.3 Å². The van der Waals surface area contributed by atoms with Gasteiger partial charge in [0.25, 0.3) is 0 Å². The summed E-state index contributed by atoms with van der Waals surface area (Å²) in [5.41, 5.74) is 7.99. The molecule has 2 N–H and O–H groups in total. The highest BCUT2D eigenvalue weighted by Crippen LogP contribution is 2.55. The van der Waals surface area contributed by atoms with Gasteiger partial charge in [-0.15, -0.1) is 0 Å². The number of hydrogen-bond donors (Lipinski definition) is 1. The van der Waals surface area contributed by atoms with E-state index in [0.717, 1.165) is 41.9 Å². The maximum atomic E-state index is 9.26. The summed E-state index contributed by atoms with van der Waals surface area (Å²) in [6, 6.07) is 15.7. The van der Waals surface area contributed by atoms with Crippen molar-refractivity contribution in [3.63, 3.8) is 0 Å². The van der Waals surface area contributed by atoms with Crippen LogP contribution in [0.25, 0.3) is 11.1 Å². The van der Waals surface area contributed by atoms with Gasteiger partial charge in [0.1, 0.15) is 11.4 Å². The molecule has 154 valence electrons. The fourth-order valence-corrected chi connectivity index (χ4v) is 4.76. The minimum Gasteiger partial charge on any atom is -0.484 e. The first-order valence-electron chi connectivity index (χ1n) is 10.2. The lowest BCUT2D eigenvalue weighted by Gasteiger charge is -2.51. The van der Waals surface area contributed by atoms with Crippen LogP contribution in [-0.4, -0.2) is 36.9 Å². The number of benzene rings is 2. The number of rotatable bonds is 1. The van der Waals surface area contributed by atoms with E-state index >= 15 is 0 Å². The van der Waals surface area contributed by atoms with Gasteiger partial charge in [-0.25, -0.2) is 14.9 Å². The van der Waals surface area contributed by atoms with Gasteiger partial charge in [0.15, 0.2) is 0 Å². The molecular formula is C23H24N4O3. The molecule has 1 fully saturated rings. The van der Waals surface area contributed by atoms with E-state index in [0.29, 0.717) is 18.1 Å². The van der Waals surface area contributed by atoms with Crippen LogP contribution in [0.2, 0.25) is 0 Å². The van der Waals surface area contributed by atoms with Crippen LogP contribution in [0.5, 0.6) is 5.75 Å². The summed E-state index contributed by atoms with van der Waals surface area (Å²) in [5.74, 6) is 0.936. The summed E-state index contributed by atoms with van der Waals surface area (Å²) in [5, 5.41) is 10.8. The lowest BCUT2D eigenvalue weighted by molar-refractivity contribution is -0.247. The molecule has 2 spiro atoms. The van der Waals surface area contributed by atoms with Crippen LogP contribution in [0, 0.1) is 17.2 Å². The highest BCUT2D eigenvalue weighted by molar-refractivity contribution is 5.79. The van der Waals surface area contributed by atoms with E-state index in [1.54, 1.807) is 13.1 Å². The quantitative estimate of drug-likeness (QED) is 0.785. The topological polar surface area (TPSA) is 93.1 Å². The number of nitrogens with two attached hydrogens (primary N) is 1. The van der Waals surface area contributed by atoms with Crippen LogP contribution in [0.3, 0.4) is 0 Å². The van der Waals surface area contributed by atoms with Gasteiger partial charge in [0, 0.05) is 13.7 Å². The van der Waals surface area contributed by atoms with E-state index in [4.69, 9.17) is 25.0 Å². The summed E-state index contributed by atoms with van der Waals surface area (Å²) >= 11 is 0. The lowest BCUT2D eigenvalue weighted by Crippen LogP contribution is -2.59. The number of nitriles is 1. The third-order valence-electron chi connectivity index (χ3n) is 6.49. The summed E-state index contributed by atoms with van der Waals surface area (Å²) in [6.45, 7) is 3.32. The number of ether oxygens (including phenoxy) is 2. The van der Waals surface area contributed by atoms with Crippen LogP contribution in [0.1, 0.15) is 30.9 Å². The van der Waals surface area contributed by atoms with Crippen molar-refractivity contribution in [3.05, 3.63) is 53.6 Å². The molecule has 3 heterocycles. The van der Waals surface area contributed by atoms with Crippen molar-refractivity contribution in [1.82, 2.24) is 5.06 Å². The van der Waals surface area contributed by atoms with Crippen molar-refractivity contribution in [3.8, 4) is 22.9 Å². The van der Waals surface area contributed by atoms with Gasteiger partial charge in [0.05, 0.1) is 29.7 Å². The molecule has 7 nitrogen and oxygen atoms in total. The molecule has 7 heteroatoms. The van der Waals surface area contributed by atoms with E-state index in [1.807, 2.05) is 36.4 Å². The summed E-state index contributed by atoms with van der Waals surface area (Å²) in [7, 11) is 1.76. The van der Waals surface area contributed by atoms with Crippen molar-refractivity contribution in [1.29, 1.82) is 5.26 Å². The molecule has 3 unspecified atom stereocenters. The summed E-state index contributed by atoms with van der Waals surface area (Å²) in [4.78, 5) is 11.1. The largest absolute Gasteiger partial charge is 0.484 e. The second kappa shape index (κ2) is 6.73. The molecule has 0 radical (unpaired) electrons. The Morgan fingerprint density at radius 2 is 2.07 bits per heavy atom. The van der Waals surface area contributed by atoms with Crippen molar-refractivity contribution in [2.75, 3.05) is 20.3 Å². The third-order valence-corrected chi connectivity index (χ3v) is 6.49. The first kappa shape index (κ1) is 18.9. The molecule has 0 amide bonds. The van der Waals surface area contributed by atoms with Gasteiger partial charge in [-0.1, -0.05) is 25.1 Å². The fourth-order valence-electron chi connectivity index (χ4n) is 4.76. The van der Waals surface area contributed by atoms with Crippen molar-refractivity contribution < 1.29 is 14.3 Å². The molecule has 0 aliphatic carbocycles. The first-order chi connectivity index (χ1) is 14.5. The maximum absolute atomic E-state index is 9.26. The van der Waals surface area contributed by atoms with Crippen LogP contribution >= 0.6 is 0 Å². The van der Waals surface area contributed by atoms with Crippen LogP contribution < -0.4 is 10.5 Å². The van der Waals surface area contributed by atoms with Gasteiger partial charge in [-0.3, -0.25) is 0 Å². The van der Waals surface area contributed by atoms with Crippen LogP contribution in [0.4, 0.5) is 0 Å². The minimum absolute atomic E-state index is 0.123. The molecular weight excluding hydrogens is 380 g/mol. The number of hydroxylamine groups is 2. The highest BCUT2D eigenvalue weighted by atomic mass is 16.7. The normalized spacial score (nSPS) is 30.0. The van der Waals surface area contributed by atoms with E-state index in [9.17, 15) is 5.26 Å². The second-order valence-corrected chi connectivity index (χ2v) is 8.20. The Morgan fingerprint density at radius 3 is 2.77 bits per heavy atom. The molecule has 2 aromatic rings. The molecule has 5 rings (SSSR count). The first-order valence-corrected chi connectivity index (χ1v) is 10.2. The molecule has 3 aliphatic heterocycles. The van der Waals surface area contributed by atoms with Crippen molar-refractivity contribution in [2.45, 2.75) is 31.1 Å². The summed E-state index contributed by atoms with van der Waals surface area (Å²) < 4.78 is 12.4. The number of fused-ring (bicyclic) bond motifs is 2. The standard InChI is InChI=1S/C23H24N4O3/c1-15-22(9-4-10-28-14-22)29-20-8-7-18(17-6-3-5-16(11-17)13-24)12-19(20)23(15)26-21(25)27(2)30-23/h3,5-8,11-12,15H,4,9-10,14H2,1-2H3,(H2,25,26). The number of nitrogens with zero attached hydrogens (tertiary/aromatic N) is 3. The Bertz CT molecular complexity index is 1070. The number of aliphatic imine (C=N–C) groups is 1. The van der Waals surface area contributed by atoms with Crippen molar-refractivity contribution >= 4 is 5.96 Å². The van der Waals surface area contributed by atoms with Gasteiger partial charge >= 0.3 is 0 Å². The fraction of sp³-hybridized carbons (Fsp3) is 0.391. The highest BCUT2D eigenvalue weighted by Gasteiger charge is 2.60. The molecule has 30 heavy (non-hydrogen) atoms. The monoisotopic (exact) mass is 404 g/mol. The Morgan fingerprint density at radius 1 is 1.23 bits per heavy atom. The Labute approximate surface area is 175 Å². The molecule has 0 aromatic heterocycles. The molecule has 1 saturated heterocycles. The number of guanidine groups is 1. The Kier molecular flexibility index (Phi) is 4.24. The third kappa shape index (κ3) is 2.68. The molecule has 3 atom stereocenters. The lowest BCUT2D eigenvalue weighted by atomic mass is 9.72. The zero-order chi connectivity index (χ0) is 20.9. The van der Waals surface area contributed by atoms with E-state index in [1.165, 1.54) is 5.06 Å². The predicted octanol–water partition coefficient (Wildman–Crippen LogP) is 3.15. The average molecular weight is 404 g/mol. The van der Waals surface area contributed by atoms with E-state index in [-0.39, 0.29) is 5.92 Å². The number of hydrogen-bond acceptors (Lipinski definition) is 7. The van der Waals surface area contributed by atoms with Crippen LogP contribution in [-0.2, 0) is 15.3 Å². The SMILES string of the molecule is CC1C2(CCCOC2)Oc2ccc(-c3cccc(C#N)c3)cc2C12N=C(N)N(C)O2. The molecule has 0 saturated carbocycles. The van der Waals surface area contributed by atoms with Gasteiger partial charge in [-0.2, -0.15) is 5.26 Å². The van der Waals surface area contributed by atoms with Gasteiger partial charge in [0.2, 0.25) is 11.7 Å². The van der Waals surface area contributed by atoms with Crippen LogP contribution in [0.15, 0.2) is 47.5 Å². The molecule has 2 aromatic carbocycles.